The predicted molar refractivity (Wildman–Crippen MR) is 175 cm³/mol. The van der Waals surface area contributed by atoms with Gasteiger partial charge in [0.25, 0.3) is 5.91 Å². The van der Waals surface area contributed by atoms with Crippen molar-refractivity contribution in [3.05, 3.63) is 80.4 Å². The zero-order valence-corrected chi connectivity index (χ0v) is 29.0. The van der Waals surface area contributed by atoms with Gasteiger partial charge in [0.2, 0.25) is 5.91 Å². The van der Waals surface area contributed by atoms with Crippen molar-refractivity contribution in [2.75, 3.05) is 0 Å². The van der Waals surface area contributed by atoms with Crippen LogP contribution in [0.4, 0.5) is 8.78 Å². The van der Waals surface area contributed by atoms with Gasteiger partial charge in [-0.25, -0.2) is 13.8 Å². The molecule has 0 aliphatic carbocycles. The average Bonchev–Trinajstić information content (AvgIpc) is 3.40. The van der Waals surface area contributed by atoms with Gasteiger partial charge in [-0.15, -0.1) is 11.3 Å². The van der Waals surface area contributed by atoms with Crippen molar-refractivity contribution in [2.24, 2.45) is 4.36 Å². The number of amides is 2. The molecule has 0 bridgehead atoms. The van der Waals surface area contributed by atoms with Gasteiger partial charge in [-0.05, 0) is 95.2 Å². The Kier molecular flexibility index (Phi) is 11.8. The van der Waals surface area contributed by atoms with Gasteiger partial charge in [-0.3, -0.25) is 14.3 Å². The molecule has 6 nitrogen and oxygen atoms in total. The predicted octanol–water partition coefficient (Wildman–Crippen LogP) is 8.35. The summed E-state index contributed by atoms with van der Waals surface area (Å²) in [6.45, 7) is 18.9. The first-order valence-electron chi connectivity index (χ1n) is 15.0. The van der Waals surface area contributed by atoms with E-state index in [2.05, 4.69) is 14.1 Å². The minimum Gasteiger partial charge on any atom is -0.385 e. The van der Waals surface area contributed by atoms with Crippen molar-refractivity contribution in [2.45, 2.75) is 116 Å². The van der Waals surface area contributed by atoms with E-state index in [0.29, 0.717) is 9.22 Å². The van der Waals surface area contributed by atoms with Gasteiger partial charge < -0.3 is 5.11 Å². The van der Waals surface area contributed by atoms with Gasteiger partial charge in [0.05, 0.1) is 34.2 Å². The van der Waals surface area contributed by atoms with Gasteiger partial charge in [0.1, 0.15) is 11.6 Å². The van der Waals surface area contributed by atoms with Gasteiger partial charge in [-0.2, -0.15) is 4.36 Å². The Hall–Kier alpha value is -2.82. The Morgan fingerprint density at radius 2 is 1.25 bits per heavy atom. The summed E-state index contributed by atoms with van der Waals surface area (Å²) in [4.78, 5) is 32.2. The van der Waals surface area contributed by atoms with E-state index in [9.17, 15) is 23.5 Å². The fraction of sp³-hybridized carbons (Fsp3) is 0.500. The van der Waals surface area contributed by atoms with Crippen LogP contribution in [0.25, 0.3) is 0 Å². The molecule has 2 aromatic carbocycles. The molecule has 10 heteroatoms. The summed E-state index contributed by atoms with van der Waals surface area (Å²) in [6.07, 6.45) is 1.44. The lowest BCUT2D eigenvalue weighted by Crippen LogP contribution is -2.29. The van der Waals surface area contributed by atoms with Crippen molar-refractivity contribution in [3.8, 4) is 0 Å². The van der Waals surface area contributed by atoms with E-state index in [1.54, 1.807) is 13.8 Å². The summed E-state index contributed by atoms with van der Waals surface area (Å²) in [5, 5.41) is 10.5. The summed E-state index contributed by atoms with van der Waals surface area (Å²) in [5.74, 6) is -1.59. The Morgan fingerprint density at radius 1 is 0.841 bits per heavy atom. The number of rotatable bonds is 11. The highest BCUT2D eigenvalue weighted by Crippen LogP contribution is 2.32. The molecule has 2 amide bonds. The van der Waals surface area contributed by atoms with Crippen molar-refractivity contribution < 1.29 is 23.5 Å². The number of hydrogen-bond acceptors (Lipinski definition) is 5. The third-order valence-electron chi connectivity index (χ3n) is 7.38. The molecule has 1 unspecified atom stereocenters. The van der Waals surface area contributed by atoms with Gasteiger partial charge in [0, 0.05) is 6.20 Å². The van der Waals surface area contributed by atoms with Crippen molar-refractivity contribution in [1.29, 1.82) is 0 Å². The first-order valence-corrected chi connectivity index (χ1v) is 17.0. The zero-order valence-electron chi connectivity index (χ0n) is 27.3. The Morgan fingerprint density at radius 3 is 1.61 bits per heavy atom. The molecule has 1 heterocycles. The Bertz CT molecular complexity index is 1500. The highest BCUT2D eigenvalue weighted by atomic mass is 32.2. The Balaban J connectivity index is 2.06. The molecule has 0 spiro atoms. The number of benzene rings is 2. The second-order valence-electron chi connectivity index (χ2n) is 12.9. The normalized spacial score (nSPS) is 13.0. The maximum atomic E-state index is 14.5. The molecule has 0 saturated carbocycles. The van der Waals surface area contributed by atoms with Gasteiger partial charge >= 0.3 is 0 Å². The molecule has 0 aliphatic heterocycles. The summed E-state index contributed by atoms with van der Waals surface area (Å²) >= 11 is 1.17. The van der Waals surface area contributed by atoms with Crippen LogP contribution in [0.5, 0.6) is 0 Å². The monoisotopic (exact) mass is 645 g/mol. The molecule has 44 heavy (non-hydrogen) atoms. The molecule has 1 aromatic heterocycles. The molecule has 240 valence electrons. The lowest BCUT2D eigenvalue weighted by molar-refractivity contribution is -0.118. The van der Waals surface area contributed by atoms with Gasteiger partial charge in [0.15, 0.2) is 4.34 Å². The van der Waals surface area contributed by atoms with Crippen LogP contribution in [0.1, 0.15) is 131 Å². The lowest BCUT2D eigenvalue weighted by Gasteiger charge is -2.20. The number of nitrogens with zero attached hydrogens (tertiary/aromatic N) is 2. The first-order chi connectivity index (χ1) is 20.4. The topological polar surface area (TPSA) is 91.7 Å². The minimum absolute atomic E-state index is 0.00941. The summed E-state index contributed by atoms with van der Waals surface area (Å²) < 4.78 is 36.7. The number of hydrogen-bond donors (Lipinski definition) is 2. The van der Waals surface area contributed by atoms with E-state index in [4.69, 9.17) is 0 Å². The van der Waals surface area contributed by atoms with E-state index in [1.807, 2.05) is 55.4 Å². The number of aliphatic hydroxyl groups is 1. The number of nitrogens with one attached hydrogen (secondary N) is 1. The number of halogens is 2. The SMILES string of the molecule is CC(C)c1cc(F)cc(C(C)C)c1CC(=O)/N=S(/NC(=O)Cc1c(C(C)C)cc(F)cc1C(C)C)c1ncc(C(C)(C)O)s1. The van der Waals surface area contributed by atoms with Crippen LogP contribution in [0.2, 0.25) is 0 Å². The van der Waals surface area contributed by atoms with E-state index < -0.39 is 22.4 Å². The maximum absolute atomic E-state index is 14.5. The molecule has 1 atom stereocenters. The van der Waals surface area contributed by atoms with Crippen LogP contribution in [0.3, 0.4) is 0 Å². The van der Waals surface area contributed by atoms with E-state index in [0.717, 1.165) is 33.4 Å². The maximum Gasteiger partial charge on any atom is 0.258 e. The number of carbonyl (C=O) groups excluding carboxylic acids is 2. The molecular formula is C34H45F2N3O3S2. The lowest BCUT2D eigenvalue weighted by atomic mass is 9.87. The number of carbonyl (C=O) groups is 2. The summed E-state index contributed by atoms with van der Waals surface area (Å²) in [5.41, 5.74) is 3.35. The highest BCUT2D eigenvalue weighted by molar-refractivity contribution is 7.88. The molecule has 2 N–H and O–H groups in total. The van der Waals surface area contributed by atoms with Gasteiger partial charge in [-0.1, -0.05) is 55.4 Å². The first kappa shape index (κ1) is 35.7. The number of thiazole rings is 1. The Labute approximate surface area is 267 Å². The largest absolute Gasteiger partial charge is 0.385 e. The molecule has 0 aliphatic rings. The van der Waals surface area contributed by atoms with E-state index in [1.165, 1.54) is 41.8 Å². The third kappa shape index (κ3) is 8.88. The van der Waals surface area contributed by atoms with Crippen LogP contribution in [0, 0.1) is 11.6 Å². The molecular weight excluding hydrogens is 601 g/mol. The molecule has 0 radical (unpaired) electrons. The summed E-state index contributed by atoms with van der Waals surface area (Å²) in [7, 11) is -1.46. The molecule has 3 aromatic rings. The second kappa shape index (κ2) is 14.5. The van der Waals surface area contributed by atoms with Crippen LogP contribution >= 0.6 is 11.3 Å². The summed E-state index contributed by atoms with van der Waals surface area (Å²) in [6, 6.07) is 5.89. The van der Waals surface area contributed by atoms with E-state index >= 15 is 0 Å². The zero-order chi connectivity index (χ0) is 33.1. The molecule has 0 saturated heterocycles. The van der Waals surface area contributed by atoms with E-state index in [-0.39, 0.29) is 54.1 Å². The van der Waals surface area contributed by atoms with Crippen molar-refractivity contribution >= 4 is 34.0 Å². The third-order valence-corrected chi connectivity index (χ3v) is 10.4. The van der Waals surface area contributed by atoms with Crippen LogP contribution < -0.4 is 4.72 Å². The standard InChI is InChI=1S/C34H45F2N3O3S2/c1-18(2)24-11-22(35)12-25(19(3)4)28(24)15-31(40)38-44(33-37-17-30(43-33)34(9,10)42)39-32(41)16-29-26(20(5)6)13-23(36)14-27(29)21(7)8/h11-14,17-21,42H,15-16H2,1-10H3,(H,38,39,40,41). The quantitative estimate of drug-likeness (QED) is 0.219. The van der Waals surface area contributed by atoms with Crippen LogP contribution in [-0.4, -0.2) is 21.9 Å². The smallest absolute Gasteiger partial charge is 0.258 e. The van der Waals surface area contributed by atoms with Crippen LogP contribution in [0.15, 0.2) is 39.2 Å². The second-order valence-corrected chi connectivity index (χ2v) is 15.6. The molecule has 0 fully saturated rings. The highest BCUT2D eigenvalue weighted by Gasteiger charge is 2.25. The van der Waals surface area contributed by atoms with Crippen molar-refractivity contribution in [1.82, 2.24) is 9.71 Å². The minimum atomic E-state index is -1.46. The fourth-order valence-corrected chi connectivity index (χ4v) is 7.54. The van der Waals surface area contributed by atoms with Crippen LogP contribution in [-0.2, 0) is 38.9 Å². The molecule has 3 rings (SSSR count). The van der Waals surface area contributed by atoms with Crippen molar-refractivity contribution in [3.63, 3.8) is 0 Å². The fourth-order valence-electron chi connectivity index (χ4n) is 5.15. The number of aromatic nitrogens is 1. The average molecular weight is 646 g/mol.